The highest BCUT2D eigenvalue weighted by Crippen LogP contribution is 2.33. The zero-order valence-electron chi connectivity index (χ0n) is 14.3. The number of anilines is 2. The van der Waals surface area contributed by atoms with Crippen LogP contribution in [-0.4, -0.2) is 33.2 Å². The number of hydrogen-bond donors (Lipinski definition) is 1. The smallest absolute Gasteiger partial charge is 0.255 e. The monoisotopic (exact) mass is 360 g/mol. The lowest BCUT2D eigenvalue weighted by atomic mass is 10.1. The van der Waals surface area contributed by atoms with Crippen molar-refractivity contribution < 1.29 is 14.3 Å². The van der Waals surface area contributed by atoms with E-state index in [1.165, 1.54) is 0 Å². The van der Waals surface area contributed by atoms with Crippen molar-refractivity contribution in [2.45, 2.75) is 12.8 Å². The first-order valence-electron chi connectivity index (χ1n) is 8.20. The minimum atomic E-state index is -0.219. The predicted octanol–water partition coefficient (Wildman–Crippen LogP) is 4.21. The Morgan fingerprint density at radius 1 is 1.04 bits per heavy atom. The lowest BCUT2D eigenvalue weighted by molar-refractivity contribution is 0.102. The highest BCUT2D eigenvalue weighted by molar-refractivity contribution is 6.31. The van der Waals surface area contributed by atoms with Gasteiger partial charge in [0.25, 0.3) is 5.91 Å². The van der Waals surface area contributed by atoms with Gasteiger partial charge in [0.2, 0.25) is 0 Å². The fourth-order valence-corrected chi connectivity index (χ4v) is 3.19. The maximum absolute atomic E-state index is 12.7. The molecule has 3 rings (SSSR count). The van der Waals surface area contributed by atoms with Crippen molar-refractivity contribution in [2.24, 2.45) is 0 Å². The molecule has 0 aromatic heterocycles. The molecule has 6 heteroatoms. The van der Waals surface area contributed by atoms with E-state index in [0.29, 0.717) is 27.8 Å². The molecule has 5 nitrogen and oxygen atoms in total. The molecule has 2 aromatic rings. The lowest BCUT2D eigenvalue weighted by Crippen LogP contribution is -2.21. The van der Waals surface area contributed by atoms with Crippen molar-refractivity contribution in [3.8, 4) is 11.5 Å². The van der Waals surface area contributed by atoms with Gasteiger partial charge in [0.1, 0.15) is 0 Å². The number of hydrogen-bond acceptors (Lipinski definition) is 4. The highest BCUT2D eigenvalue weighted by Gasteiger charge is 2.18. The normalized spacial score (nSPS) is 13.6. The second kappa shape index (κ2) is 7.66. The Hall–Kier alpha value is -2.40. The van der Waals surface area contributed by atoms with Crippen molar-refractivity contribution in [1.82, 2.24) is 0 Å². The number of rotatable bonds is 5. The Morgan fingerprint density at radius 3 is 2.44 bits per heavy atom. The molecule has 0 radical (unpaired) electrons. The van der Waals surface area contributed by atoms with Gasteiger partial charge < -0.3 is 19.7 Å². The van der Waals surface area contributed by atoms with E-state index in [9.17, 15) is 4.79 Å². The summed E-state index contributed by atoms with van der Waals surface area (Å²) in [6, 6.07) is 10.7. The van der Waals surface area contributed by atoms with Crippen LogP contribution in [0.25, 0.3) is 0 Å². The van der Waals surface area contributed by atoms with Crippen LogP contribution in [0, 0.1) is 0 Å². The molecule has 0 unspecified atom stereocenters. The summed E-state index contributed by atoms with van der Waals surface area (Å²) >= 11 is 6.13. The zero-order chi connectivity index (χ0) is 17.8. The molecule has 1 fully saturated rings. The Labute approximate surface area is 152 Å². The average molecular weight is 361 g/mol. The number of carbonyl (C=O) groups is 1. The van der Waals surface area contributed by atoms with Crippen LogP contribution in [0.1, 0.15) is 23.2 Å². The van der Waals surface area contributed by atoms with Crippen molar-refractivity contribution >= 4 is 28.9 Å². The van der Waals surface area contributed by atoms with Crippen molar-refractivity contribution in [3.63, 3.8) is 0 Å². The van der Waals surface area contributed by atoms with E-state index in [1.807, 2.05) is 12.1 Å². The molecular weight excluding hydrogens is 340 g/mol. The number of ether oxygens (including phenoxy) is 2. The summed E-state index contributed by atoms with van der Waals surface area (Å²) in [5.74, 6) is 0.879. The molecule has 1 aliphatic rings. The first kappa shape index (κ1) is 17.4. The molecule has 0 saturated carbocycles. The largest absolute Gasteiger partial charge is 0.493 e. The highest BCUT2D eigenvalue weighted by atomic mass is 35.5. The van der Waals surface area contributed by atoms with E-state index < -0.39 is 0 Å². The van der Waals surface area contributed by atoms with E-state index in [1.54, 1.807) is 38.5 Å². The number of halogens is 1. The van der Waals surface area contributed by atoms with E-state index in [4.69, 9.17) is 21.1 Å². The third-order valence-electron chi connectivity index (χ3n) is 4.30. The summed E-state index contributed by atoms with van der Waals surface area (Å²) in [5.41, 5.74) is 2.20. The molecule has 0 aliphatic carbocycles. The molecular formula is C19H21ClN2O3. The van der Waals surface area contributed by atoms with E-state index in [2.05, 4.69) is 10.2 Å². The maximum atomic E-state index is 12.7. The van der Waals surface area contributed by atoms with Gasteiger partial charge in [0.05, 0.1) is 25.6 Å². The predicted molar refractivity (Wildman–Crippen MR) is 100 cm³/mol. The van der Waals surface area contributed by atoms with E-state index in [0.717, 1.165) is 31.6 Å². The fraction of sp³-hybridized carbons (Fsp3) is 0.316. The van der Waals surface area contributed by atoms with Crippen molar-refractivity contribution in [1.29, 1.82) is 0 Å². The molecule has 1 saturated heterocycles. The number of amides is 1. The molecule has 0 bridgehead atoms. The van der Waals surface area contributed by atoms with Crippen LogP contribution in [-0.2, 0) is 0 Å². The Bertz CT molecular complexity index is 773. The van der Waals surface area contributed by atoms with Crippen LogP contribution < -0.4 is 19.7 Å². The third-order valence-corrected chi connectivity index (χ3v) is 4.53. The van der Waals surface area contributed by atoms with Gasteiger partial charge in [-0.05, 0) is 49.2 Å². The summed E-state index contributed by atoms with van der Waals surface area (Å²) in [6.07, 6.45) is 2.32. The topological polar surface area (TPSA) is 50.8 Å². The van der Waals surface area contributed by atoms with Crippen LogP contribution in [0.4, 0.5) is 11.4 Å². The summed E-state index contributed by atoms with van der Waals surface area (Å²) in [6.45, 7) is 1.97. The van der Waals surface area contributed by atoms with Gasteiger partial charge in [0, 0.05) is 23.7 Å². The summed E-state index contributed by atoms with van der Waals surface area (Å²) in [7, 11) is 3.11. The van der Waals surface area contributed by atoms with Gasteiger partial charge in [0.15, 0.2) is 11.5 Å². The van der Waals surface area contributed by atoms with Crippen molar-refractivity contribution in [2.75, 3.05) is 37.5 Å². The van der Waals surface area contributed by atoms with Gasteiger partial charge in [-0.2, -0.15) is 0 Å². The Kier molecular flexibility index (Phi) is 5.34. The van der Waals surface area contributed by atoms with Gasteiger partial charge >= 0.3 is 0 Å². The number of nitrogens with one attached hydrogen (secondary N) is 1. The standard InChI is InChI=1S/C19H21ClN2O3/c1-24-17-8-5-13(11-18(17)25-2)19(23)21-15-12-14(20)6-7-16(15)22-9-3-4-10-22/h5-8,11-12H,3-4,9-10H2,1-2H3,(H,21,23). The van der Waals surface area contributed by atoms with Crippen LogP contribution >= 0.6 is 11.6 Å². The minimum Gasteiger partial charge on any atom is -0.493 e. The molecule has 132 valence electrons. The van der Waals surface area contributed by atoms with Gasteiger partial charge in [-0.15, -0.1) is 0 Å². The molecule has 1 aliphatic heterocycles. The third kappa shape index (κ3) is 3.82. The lowest BCUT2D eigenvalue weighted by Gasteiger charge is -2.22. The average Bonchev–Trinajstić information content (AvgIpc) is 3.15. The number of carbonyl (C=O) groups excluding carboxylic acids is 1. The SMILES string of the molecule is COc1ccc(C(=O)Nc2cc(Cl)ccc2N2CCCC2)cc1OC. The Balaban J connectivity index is 1.86. The second-order valence-corrected chi connectivity index (χ2v) is 6.32. The van der Waals surface area contributed by atoms with Crippen LogP contribution in [0.5, 0.6) is 11.5 Å². The van der Waals surface area contributed by atoms with Crippen LogP contribution in [0.2, 0.25) is 5.02 Å². The van der Waals surface area contributed by atoms with Gasteiger partial charge in [-0.1, -0.05) is 11.6 Å². The first-order valence-corrected chi connectivity index (χ1v) is 8.58. The first-order chi connectivity index (χ1) is 12.1. The fourth-order valence-electron chi connectivity index (χ4n) is 3.01. The molecule has 0 spiro atoms. The summed E-state index contributed by atoms with van der Waals surface area (Å²) < 4.78 is 10.5. The Morgan fingerprint density at radius 2 is 1.76 bits per heavy atom. The van der Waals surface area contributed by atoms with Crippen molar-refractivity contribution in [3.05, 3.63) is 47.0 Å². The number of benzene rings is 2. The molecule has 1 heterocycles. The zero-order valence-corrected chi connectivity index (χ0v) is 15.1. The second-order valence-electron chi connectivity index (χ2n) is 5.88. The number of methoxy groups -OCH3 is 2. The molecule has 1 N–H and O–H groups in total. The molecule has 1 amide bonds. The van der Waals surface area contributed by atoms with Crippen LogP contribution in [0.15, 0.2) is 36.4 Å². The minimum absolute atomic E-state index is 0.219. The molecule has 0 atom stereocenters. The van der Waals surface area contributed by atoms with Crippen LogP contribution in [0.3, 0.4) is 0 Å². The van der Waals surface area contributed by atoms with E-state index in [-0.39, 0.29) is 5.91 Å². The number of nitrogens with zero attached hydrogens (tertiary/aromatic N) is 1. The molecule has 25 heavy (non-hydrogen) atoms. The van der Waals surface area contributed by atoms with Gasteiger partial charge in [-0.3, -0.25) is 4.79 Å². The summed E-state index contributed by atoms with van der Waals surface area (Å²) in [5, 5.41) is 3.56. The molecule has 2 aromatic carbocycles. The quantitative estimate of drug-likeness (QED) is 0.867. The van der Waals surface area contributed by atoms with E-state index >= 15 is 0 Å². The van der Waals surface area contributed by atoms with Gasteiger partial charge in [-0.25, -0.2) is 0 Å². The maximum Gasteiger partial charge on any atom is 0.255 e. The summed E-state index contributed by atoms with van der Waals surface area (Å²) in [4.78, 5) is 15.0.